The lowest BCUT2D eigenvalue weighted by molar-refractivity contribution is -0.0315. The van der Waals surface area contributed by atoms with E-state index in [0.29, 0.717) is 0 Å². The predicted octanol–water partition coefficient (Wildman–Crippen LogP) is 0.905. The summed E-state index contributed by atoms with van der Waals surface area (Å²) >= 11 is 0. The molecule has 4 aliphatic rings. The second-order valence-electron chi connectivity index (χ2n) is 6.21. The van der Waals surface area contributed by atoms with Gasteiger partial charge in [-0.25, -0.2) is 0 Å². The van der Waals surface area contributed by atoms with E-state index in [1.54, 1.807) is 0 Å². The molecule has 92 valence electrons. The molecule has 16 heavy (non-hydrogen) atoms. The minimum Gasteiger partial charge on any atom is -0.311 e. The molecule has 0 aromatic heterocycles. The normalized spacial score (nSPS) is 42.2. The molecule has 0 aromatic carbocycles. The zero-order chi connectivity index (χ0) is 11.1. The molecule has 3 heteroatoms. The van der Waals surface area contributed by atoms with Crippen LogP contribution in [0, 0.1) is 0 Å². The number of hydrogen-bond acceptors (Lipinski definition) is 3. The van der Waals surface area contributed by atoms with E-state index in [2.05, 4.69) is 29.2 Å². The van der Waals surface area contributed by atoms with Gasteiger partial charge in [0.05, 0.1) is 0 Å². The summed E-state index contributed by atoms with van der Waals surface area (Å²) in [6, 6.07) is 3.53. The molecular weight excluding hydrogens is 198 g/mol. The number of rotatable bonds is 4. The second-order valence-corrected chi connectivity index (χ2v) is 6.21. The lowest BCUT2D eigenvalue weighted by Gasteiger charge is -2.57. The Labute approximate surface area is 99.2 Å². The van der Waals surface area contributed by atoms with Gasteiger partial charge in [-0.3, -0.25) is 4.90 Å². The van der Waals surface area contributed by atoms with Crippen LogP contribution in [0.1, 0.15) is 32.1 Å². The van der Waals surface area contributed by atoms with Crippen molar-refractivity contribution in [3.8, 4) is 0 Å². The highest BCUT2D eigenvalue weighted by molar-refractivity contribution is 5.05. The average molecular weight is 223 g/mol. The van der Waals surface area contributed by atoms with Crippen molar-refractivity contribution >= 4 is 0 Å². The van der Waals surface area contributed by atoms with Crippen LogP contribution in [0.25, 0.3) is 0 Å². The molecule has 4 heterocycles. The summed E-state index contributed by atoms with van der Waals surface area (Å²) in [7, 11) is 4.35. The number of piperidine rings is 4. The van der Waals surface area contributed by atoms with Crippen LogP contribution in [-0.4, -0.2) is 61.2 Å². The van der Waals surface area contributed by atoms with Crippen LogP contribution < -0.4 is 5.32 Å². The van der Waals surface area contributed by atoms with Crippen molar-refractivity contribution < 1.29 is 0 Å². The fourth-order valence-corrected chi connectivity index (χ4v) is 4.08. The minimum absolute atomic E-state index is 0.854. The van der Waals surface area contributed by atoms with Crippen molar-refractivity contribution in [2.45, 2.75) is 56.3 Å². The van der Waals surface area contributed by atoms with Crippen molar-refractivity contribution in [3.63, 3.8) is 0 Å². The summed E-state index contributed by atoms with van der Waals surface area (Å²) in [5, 5.41) is 3.77. The lowest BCUT2D eigenvalue weighted by Crippen LogP contribution is -2.67. The van der Waals surface area contributed by atoms with Gasteiger partial charge in [-0.05, 0) is 59.3 Å². The molecule has 4 aliphatic heterocycles. The van der Waals surface area contributed by atoms with Gasteiger partial charge in [0.2, 0.25) is 0 Å². The van der Waals surface area contributed by atoms with Crippen LogP contribution in [0.4, 0.5) is 0 Å². The fraction of sp³-hybridized carbons (Fsp3) is 1.00. The molecule has 0 aromatic rings. The van der Waals surface area contributed by atoms with Crippen LogP contribution in [0.15, 0.2) is 0 Å². The van der Waals surface area contributed by atoms with Gasteiger partial charge in [-0.2, -0.15) is 0 Å². The highest BCUT2D eigenvalue weighted by atomic mass is 15.3. The monoisotopic (exact) mass is 223 g/mol. The Balaban J connectivity index is 1.55. The van der Waals surface area contributed by atoms with E-state index in [9.17, 15) is 0 Å². The molecule has 0 atom stereocenters. The second kappa shape index (κ2) is 4.28. The fourth-order valence-electron chi connectivity index (χ4n) is 4.08. The molecule has 4 saturated heterocycles. The van der Waals surface area contributed by atoms with E-state index in [4.69, 9.17) is 0 Å². The van der Waals surface area contributed by atoms with Crippen molar-refractivity contribution in [1.82, 2.24) is 15.1 Å². The molecule has 0 amide bonds. The summed E-state index contributed by atoms with van der Waals surface area (Å²) in [4.78, 5) is 5.14. The van der Waals surface area contributed by atoms with Gasteiger partial charge < -0.3 is 10.2 Å². The standard InChI is InChI=1S/C13H25N3/c1-15(2)4-3-5-16-12-6-10-7-13(16)9-11(8-12)14-10/h10-14H,3-9H2,1-2H3. The van der Waals surface area contributed by atoms with E-state index in [1.807, 2.05) is 0 Å². The van der Waals surface area contributed by atoms with Crippen LogP contribution in [-0.2, 0) is 0 Å². The Morgan fingerprint density at radius 3 is 2.12 bits per heavy atom. The Hall–Kier alpha value is -0.120. The van der Waals surface area contributed by atoms with E-state index in [-0.39, 0.29) is 0 Å². The van der Waals surface area contributed by atoms with Crippen LogP contribution in [0.5, 0.6) is 0 Å². The topological polar surface area (TPSA) is 18.5 Å². The molecule has 0 saturated carbocycles. The first-order valence-electron chi connectivity index (χ1n) is 6.89. The molecule has 0 radical (unpaired) electrons. The maximum atomic E-state index is 3.77. The van der Waals surface area contributed by atoms with Gasteiger partial charge in [0.1, 0.15) is 0 Å². The largest absolute Gasteiger partial charge is 0.311 e. The third-order valence-corrected chi connectivity index (χ3v) is 4.66. The van der Waals surface area contributed by atoms with E-state index in [1.165, 1.54) is 45.2 Å². The Morgan fingerprint density at radius 2 is 1.62 bits per heavy atom. The van der Waals surface area contributed by atoms with E-state index >= 15 is 0 Å². The summed E-state index contributed by atoms with van der Waals surface area (Å²) in [6.45, 7) is 2.56. The van der Waals surface area contributed by atoms with Gasteiger partial charge in [0, 0.05) is 24.2 Å². The number of hydrogen-bond donors (Lipinski definition) is 1. The third-order valence-electron chi connectivity index (χ3n) is 4.66. The highest BCUT2D eigenvalue weighted by Crippen LogP contribution is 2.38. The Morgan fingerprint density at radius 1 is 1.06 bits per heavy atom. The van der Waals surface area contributed by atoms with E-state index in [0.717, 1.165) is 24.2 Å². The van der Waals surface area contributed by atoms with Gasteiger partial charge in [-0.15, -0.1) is 0 Å². The first-order chi connectivity index (χ1) is 7.72. The van der Waals surface area contributed by atoms with Gasteiger partial charge in [0.25, 0.3) is 0 Å². The SMILES string of the molecule is CN(C)CCCN1C2CC3CC1CC(C2)N3. The molecule has 3 nitrogen and oxygen atoms in total. The zero-order valence-corrected chi connectivity index (χ0v) is 10.7. The first-order valence-corrected chi connectivity index (χ1v) is 6.89. The molecule has 0 spiro atoms. The van der Waals surface area contributed by atoms with Crippen molar-refractivity contribution in [2.75, 3.05) is 27.2 Å². The molecule has 4 fully saturated rings. The summed E-state index contributed by atoms with van der Waals surface area (Å²) in [6.07, 6.45) is 6.98. The Kier molecular flexibility index (Phi) is 2.94. The molecule has 1 N–H and O–H groups in total. The molecule has 4 bridgehead atoms. The third kappa shape index (κ3) is 2.01. The van der Waals surface area contributed by atoms with Crippen molar-refractivity contribution in [1.29, 1.82) is 0 Å². The average Bonchev–Trinajstić information content (AvgIpc) is 2.20. The summed E-state index contributed by atoms with van der Waals surface area (Å²) < 4.78 is 0. The molecule has 0 unspecified atom stereocenters. The maximum absolute atomic E-state index is 3.77. The van der Waals surface area contributed by atoms with Crippen LogP contribution >= 0.6 is 0 Å². The van der Waals surface area contributed by atoms with E-state index < -0.39 is 0 Å². The van der Waals surface area contributed by atoms with Crippen LogP contribution in [0.2, 0.25) is 0 Å². The number of nitrogens with zero attached hydrogens (tertiary/aromatic N) is 2. The van der Waals surface area contributed by atoms with Gasteiger partial charge in [0.15, 0.2) is 0 Å². The minimum atomic E-state index is 0.854. The van der Waals surface area contributed by atoms with Crippen molar-refractivity contribution in [2.24, 2.45) is 0 Å². The zero-order valence-electron chi connectivity index (χ0n) is 10.7. The van der Waals surface area contributed by atoms with Crippen molar-refractivity contribution in [3.05, 3.63) is 0 Å². The maximum Gasteiger partial charge on any atom is 0.0128 e. The lowest BCUT2D eigenvalue weighted by atomic mass is 9.74. The first kappa shape index (κ1) is 11.0. The summed E-state index contributed by atoms with van der Waals surface area (Å²) in [5.41, 5.74) is 0. The molecule has 0 aliphatic carbocycles. The predicted molar refractivity (Wildman–Crippen MR) is 66.6 cm³/mol. The Bertz CT molecular complexity index is 224. The van der Waals surface area contributed by atoms with Gasteiger partial charge in [-0.1, -0.05) is 0 Å². The quantitative estimate of drug-likeness (QED) is 0.764. The molecular formula is C13H25N3. The van der Waals surface area contributed by atoms with Crippen LogP contribution in [0.3, 0.4) is 0 Å². The summed E-state index contributed by atoms with van der Waals surface area (Å²) in [5.74, 6) is 0. The smallest absolute Gasteiger partial charge is 0.0128 e. The number of nitrogens with one attached hydrogen (secondary N) is 1. The molecule has 4 rings (SSSR count). The highest BCUT2D eigenvalue weighted by Gasteiger charge is 2.46. The van der Waals surface area contributed by atoms with Gasteiger partial charge >= 0.3 is 0 Å².